The van der Waals surface area contributed by atoms with Crippen LogP contribution in [0.2, 0.25) is 5.02 Å². The summed E-state index contributed by atoms with van der Waals surface area (Å²) in [7, 11) is 0. The van der Waals surface area contributed by atoms with Crippen LogP contribution < -0.4 is 5.32 Å². The predicted octanol–water partition coefficient (Wildman–Crippen LogP) is 3.44. The van der Waals surface area contributed by atoms with E-state index in [0.717, 1.165) is 10.6 Å². The van der Waals surface area contributed by atoms with Gasteiger partial charge in [0.15, 0.2) is 17.4 Å². The molecule has 29 heavy (non-hydrogen) atoms. The highest BCUT2D eigenvalue weighted by atomic mass is 35.5. The molecule has 0 aliphatic carbocycles. The molecular weight excluding hydrogens is 406 g/mol. The molecule has 0 aliphatic rings. The van der Waals surface area contributed by atoms with Crippen LogP contribution in [0.5, 0.6) is 5.75 Å². The second kappa shape index (κ2) is 7.81. The molecule has 1 amide bonds. The minimum atomic E-state index is -1.27. The number of carbonyl (C=O) groups is 2. The van der Waals surface area contributed by atoms with Crippen LogP contribution in [0.25, 0.3) is 10.9 Å². The van der Waals surface area contributed by atoms with Crippen molar-refractivity contribution in [3.63, 3.8) is 0 Å². The number of hydrogen-bond donors (Lipinski definition) is 3. The first kappa shape index (κ1) is 20.8. The maximum absolute atomic E-state index is 14.8. The van der Waals surface area contributed by atoms with Crippen molar-refractivity contribution in [3.05, 3.63) is 63.8 Å². The standard InChI is InChI=1S/C20H17ClF2N2O4/c1-9(19(28)24-8-26)15-10(2)25(20(29)11-3-5-12(21)6-4-11)14-7-13(22)18(27)17(23)16(14)15/h3-7,9,26-27H,8H2,1-2H3,(H,24,28)/t9-/m0/s1. The zero-order valence-electron chi connectivity index (χ0n) is 15.5. The largest absolute Gasteiger partial charge is 0.503 e. The second-order valence-electron chi connectivity index (χ2n) is 6.48. The first-order valence-corrected chi connectivity index (χ1v) is 8.97. The molecule has 0 unspecified atom stereocenters. The van der Waals surface area contributed by atoms with E-state index in [4.69, 9.17) is 16.7 Å². The van der Waals surface area contributed by atoms with Gasteiger partial charge in [-0.15, -0.1) is 0 Å². The van der Waals surface area contributed by atoms with Crippen molar-refractivity contribution in [1.82, 2.24) is 9.88 Å². The number of aromatic nitrogens is 1. The van der Waals surface area contributed by atoms with E-state index in [9.17, 15) is 23.5 Å². The molecule has 0 bridgehead atoms. The number of halogens is 3. The molecule has 3 aromatic rings. The normalized spacial score (nSPS) is 12.2. The van der Waals surface area contributed by atoms with E-state index in [-0.39, 0.29) is 27.7 Å². The quantitative estimate of drug-likeness (QED) is 0.562. The van der Waals surface area contributed by atoms with Gasteiger partial charge in [0.25, 0.3) is 5.91 Å². The second-order valence-corrected chi connectivity index (χ2v) is 6.92. The average Bonchev–Trinajstić information content (AvgIpc) is 2.97. The van der Waals surface area contributed by atoms with Gasteiger partial charge < -0.3 is 15.5 Å². The van der Waals surface area contributed by atoms with E-state index in [2.05, 4.69) is 5.32 Å². The predicted molar refractivity (Wildman–Crippen MR) is 103 cm³/mol. The minimum Gasteiger partial charge on any atom is -0.503 e. The summed E-state index contributed by atoms with van der Waals surface area (Å²) >= 11 is 5.85. The van der Waals surface area contributed by atoms with Gasteiger partial charge in [-0.2, -0.15) is 0 Å². The van der Waals surface area contributed by atoms with Gasteiger partial charge >= 0.3 is 0 Å². The lowest BCUT2D eigenvalue weighted by atomic mass is 9.96. The summed E-state index contributed by atoms with van der Waals surface area (Å²) in [5.41, 5.74) is 0.377. The van der Waals surface area contributed by atoms with Crippen molar-refractivity contribution in [2.45, 2.75) is 19.8 Å². The fraction of sp³-hybridized carbons (Fsp3) is 0.200. The topological polar surface area (TPSA) is 91.6 Å². The molecular formula is C20H17ClF2N2O4. The summed E-state index contributed by atoms with van der Waals surface area (Å²) in [6.07, 6.45) is 0. The van der Waals surface area contributed by atoms with Crippen LogP contribution in [0, 0.1) is 18.6 Å². The fourth-order valence-electron chi connectivity index (χ4n) is 3.39. The molecule has 0 aliphatic heterocycles. The van der Waals surface area contributed by atoms with Crippen LogP contribution in [-0.4, -0.2) is 33.3 Å². The summed E-state index contributed by atoms with van der Waals surface area (Å²) in [6.45, 7) is 2.30. The lowest BCUT2D eigenvalue weighted by Gasteiger charge is -2.13. The number of phenolic OH excluding ortho intramolecular Hbond substituents is 1. The van der Waals surface area contributed by atoms with Gasteiger partial charge in [0.2, 0.25) is 5.91 Å². The van der Waals surface area contributed by atoms with Gasteiger partial charge in [0.1, 0.15) is 6.73 Å². The first-order valence-electron chi connectivity index (χ1n) is 8.59. The highest BCUT2D eigenvalue weighted by Gasteiger charge is 2.30. The van der Waals surface area contributed by atoms with Gasteiger partial charge in [-0.3, -0.25) is 14.2 Å². The molecule has 0 saturated carbocycles. The number of hydrogen-bond acceptors (Lipinski definition) is 4. The van der Waals surface area contributed by atoms with Crippen molar-refractivity contribution >= 4 is 34.3 Å². The summed E-state index contributed by atoms with van der Waals surface area (Å²) in [5.74, 6) is -5.93. The number of nitrogens with zero attached hydrogens (tertiary/aromatic N) is 1. The zero-order valence-corrected chi connectivity index (χ0v) is 16.2. The summed E-state index contributed by atoms with van der Waals surface area (Å²) in [6, 6.07) is 6.77. The number of aromatic hydroxyl groups is 1. The van der Waals surface area contributed by atoms with Crippen molar-refractivity contribution in [2.75, 3.05) is 6.73 Å². The van der Waals surface area contributed by atoms with E-state index in [1.165, 1.54) is 38.1 Å². The molecule has 0 spiro atoms. The molecule has 1 aromatic heterocycles. The molecule has 6 nitrogen and oxygen atoms in total. The third-order valence-electron chi connectivity index (χ3n) is 4.78. The molecule has 0 radical (unpaired) electrons. The lowest BCUT2D eigenvalue weighted by molar-refractivity contribution is -0.123. The molecule has 9 heteroatoms. The highest BCUT2D eigenvalue weighted by molar-refractivity contribution is 6.30. The maximum atomic E-state index is 14.8. The number of amides is 1. The average molecular weight is 423 g/mol. The number of phenols is 1. The van der Waals surface area contributed by atoms with Crippen molar-refractivity contribution in [2.24, 2.45) is 0 Å². The summed E-state index contributed by atoms with van der Waals surface area (Å²) in [5, 5.41) is 21.1. The van der Waals surface area contributed by atoms with Gasteiger partial charge in [-0.25, -0.2) is 8.78 Å². The van der Waals surface area contributed by atoms with Crippen LogP contribution in [0.15, 0.2) is 30.3 Å². The maximum Gasteiger partial charge on any atom is 0.262 e. The van der Waals surface area contributed by atoms with Crippen molar-refractivity contribution in [1.29, 1.82) is 0 Å². The Morgan fingerprint density at radius 1 is 1.24 bits per heavy atom. The Hall–Kier alpha value is -2.97. The van der Waals surface area contributed by atoms with E-state index in [0.29, 0.717) is 5.02 Å². The third-order valence-corrected chi connectivity index (χ3v) is 5.03. The number of nitrogens with one attached hydrogen (secondary N) is 1. The molecule has 3 rings (SSSR count). The summed E-state index contributed by atoms with van der Waals surface area (Å²) < 4.78 is 30.0. The van der Waals surface area contributed by atoms with Gasteiger partial charge in [-0.1, -0.05) is 11.6 Å². The molecule has 152 valence electrons. The Bertz CT molecular complexity index is 1130. The van der Waals surface area contributed by atoms with Crippen LogP contribution in [0.3, 0.4) is 0 Å². The van der Waals surface area contributed by atoms with E-state index >= 15 is 0 Å². The molecule has 0 saturated heterocycles. The van der Waals surface area contributed by atoms with Gasteiger partial charge in [0.05, 0.1) is 11.4 Å². The monoisotopic (exact) mass is 422 g/mol. The number of benzene rings is 2. The van der Waals surface area contributed by atoms with E-state index in [1.54, 1.807) is 0 Å². The molecule has 1 atom stereocenters. The molecule has 2 aromatic carbocycles. The van der Waals surface area contributed by atoms with Gasteiger partial charge in [-0.05, 0) is 43.7 Å². The van der Waals surface area contributed by atoms with Gasteiger partial charge in [0, 0.05) is 27.7 Å². The Morgan fingerprint density at radius 2 is 1.86 bits per heavy atom. The van der Waals surface area contributed by atoms with E-state index in [1.807, 2.05) is 0 Å². The molecule has 3 N–H and O–H groups in total. The number of fused-ring (bicyclic) bond motifs is 1. The van der Waals surface area contributed by atoms with Crippen LogP contribution in [0.1, 0.15) is 34.5 Å². The number of aliphatic hydroxyl groups excluding tert-OH is 1. The Kier molecular flexibility index (Phi) is 5.59. The highest BCUT2D eigenvalue weighted by Crippen LogP contribution is 2.38. The lowest BCUT2D eigenvalue weighted by Crippen LogP contribution is -2.29. The zero-order chi connectivity index (χ0) is 21.5. The third kappa shape index (κ3) is 3.45. The Morgan fingerprint density at radius 3 is 2.45 bits per heavy atom. The van der Waals surface area contributed by atoms with Crippen LogP contribution in [0.4, 0.5) is 8.78 Å². The smallest absolute Gasteiger partial charge is 0.262 e. The van der Waals surface area contributed by atoms with E-state index < -0.39 is 41.8 Å². The Balaban J connectivity index is 2.33. The van der Waals surface area contributed by atoms with Crippen molar-refractivity contribution in [3.8, 4) is 5.75 Å². The number of aliphatic hydroxyl groups is 1. The van der Waals surface area contributed by atoms with Crippen LogP contribution >= 0.6 is 11.6 Å². The molecule has 0 fully saturated rings. The molecule has 1 heterocycles. The Labute approximate surface area is 169 Å². The summed E-state index contributed by atoms with van der Waals surface area (Å²) in [4.78, 5) is 25.4. The number of carbonyl (C=O) groups excluding carboxylic acids is 2. The fourth-order valence-corrected chi connectivity index (χ4v) is 3.51. The first-order chi connectivity index (χ1) is 13.7. The SMILES string of the molecule is Cc1c([C@H](C)C(=O)NCO)c2c(F)c(O)c(F)cc2n1C(=O)c1ccc(Cl)cc1. The van der Waals surface area contributed by atoms with Crippen LogP contribution in [-0.2, 0) is 4.79 Å². The number of rotatable bonds is 4. The minimum absolute atomic E-state index is 0.0982. The van der Waals surface area contributed by atoms with Crippen molar-refractivity contribution < 1.29 is 28.6 Å².